The Hall–Kier alpha value is -0.0800. The molecule has 0 radical (unpaired) electrons. The molecule has 0 fully saturated rings. The van der Waals surface area contributed by atoms with E-state index < -0.39 is 0 Å². The molecule has 1 unspecified atom stereocenters. The van der Waals surface area contributed by atoms with Gasteiger partial charge >= 0.3 is 0 Å². The Balaban J connectivity index is 0. The van der Waals surface area contributed by atoms with Crippen molar-refractivity contribution < 1.29 is 5.11 Å². The molecule has 1 N–H and O–H groups in total. The van der Waals surface area contributed by atoms with Crippen LogP contribution >= 0.6 is 0 Å². The second-order valence-electron chi connectivity index (χ2n) is 6.38. The van der Waals surface area contributed by atoms with Crippen molar-refractivity contribution in [1.82, 2.24) is 4.90 Å². The lowest BCUT2D eigenvalue weighted by Crippen LogP contribution is -2.27. The van der Waals surface area contributed by atoms with Gasteiger partial charge in [0.25, 0.3) is 0 Å². The first-order valence-corrected chi connectivity index (χ1v) is 8.88. The fraction of sp³-hybridized carbons (Fsp3) is 1.00. The third-order valence-corrected chi connectivity index (χ3v) is 3.30. The molecule has 0 bridgehead atoms. The van der Waals surface area contributed by atoms with Crippen molar-refractivity contribution in [3.8, 4) is 0 Å². The third-order valence-electron chi connectivity index (χ3n) is 3.30. The zero-order valence-electron chi connectivity index (χ0n) is 15.1. The summed E-state index contributed by atoms with van der Waals surface area (Å²) in [5, 5.41) is 8.72. The molecule has 20 heavy (non-hydrogen) atoms. The van der Waals surface area contributed by atoms with E-state index in [0.717, 1.165) is 6.42 Å². The van der Waals surface area contributed by atoms with Crippen LogP contribution in [0.3, 0.4) is 0 Å². The topological polar surface area (TPSA) is 23.5 Å². The van der Waals surface area contributed by atoms with Gasteiger partial charge in [-0.3, -0.25) is 0 Å². The summed E-state index contributed by atoms with van der Waals surface area (Å²) in [5.74, 6) is 0.625. The van der Waals surface area contributed by atoms with E-state index in [0.29, 0.717) is 5.92 Å². The van der Waals surface area contributed by atoms with Crippen LogP contribution in [0.25, 0.3) is 0 Å². The third kappa shape index (κ3) is 20.2. The number of hydrogen-bond donors (Lipinski definition) is 1. The van der Waals surface area contributed by atoms with Gasteiger partial charge in [-0.1, -0.05) is 53.9 Å². The largest absolute Gasteiger partial charge is 0.393 e. The fourth-order valence-corrected chi connectivity index (χ4v) is 2.16. The van der Waals surface area contributed by atoms with Crippen molar-refractivity contribution in [3.05, 3.63) is 0 Å². The Morgan fingerprint density at radius 2 is 1.10 bits per heavy atom. The second-order valence-corrected chi connectivity index (χ2v) is 6.38. The normalized spacial score (nSPS) is 12.4. The maximum Gasteiger partial charge on any atom is 0.0514 e. The highest BCUT2D eigenvalue weighted by atomic mass is 16.3. The van der Waals surface area contributed by atoms with Crippen LogP contribution in [-0.4, -0.2) is 35.7 Å². The van der Waals surface area contributed by atoms with Crippen LogP contribution in [0.2, 0.25) is 0 Å². The van der Waals surface area contributed by atoms with Gasteiger partial charge in [-0.2, -0.15) is 0 Å². The molecule has 0 spiro atoms. The molecule has 0 aromatic carbocycles. The highest BCUT2D eigenvalue weighted by Crippen LogP contribution is 2.02. The van der Waals surface area contributed by atoms with Crippen molar-refractivity contribution in [2.24, 2.45) is 5.92 Å². The van der Waals surface area contributed by atoms with Gasteiger partial charge in [0, 0.05) is 0 Å². The molecule has 2 nitrogen and oxygen atoms in total. The van der Waals surface area contributed by atoms with Gasteiger partial charge in [0.2, 0.25) is 0 Å². The van der Waals surface area contributed by atoms with E-state index in [2.05, 4.69) is 39.5 Å². The number of unbranched alkanes of at least 4 members (excludes halogenated alkanes) is 3. The molecule has 0 aliphatic carbocycles. The number of aliphatic hydroxyl groups is 1. The standard InChI is InChI=1S/C12H27N.C6H14O/c1-4-7-10-13(11-8-5-2)12-9-6-3;1-5(2)4-6(3)7/h4-12H2,1-3H3;5-7H,4H2,1-3H3. The van der Waals surface area contributed by atoms with Crippen LogP contribution in [0, 0.1) is 5.92 Å². The molecule has 0 aliphatic heterocycles. The lowest BCUT2D eigenvalue weighted by molar-refractivity contribution is 0.168. The van der Waals surface area contributed by atoms with Gasteiger partial charge in [-0.25, -0.2) is 0 Å². The molecule has 124 valence electrons. The van der Waals surface area contributed by atoms with E-state index in [1.165, 1.54) is 58.2 Å². The van der Waals surface area contributed by atoms with Gasteiger partial charge in [-0.05, 0) is 58.2 Å². The van der Waals surface area contributed by atoms with E-state index in [9.17, 15) is 0 Å². The molecular weight excluding hydrogens is 246 g/mol. The maximum atomic E-state index is 8.72. The van der Waals surface area contributed by atoms with Crippen molar-refractivity contribution >= 4 is 0 Å². The summed E-state index contributed by atoms with van der Waals surface area (Å²) in [7, 11) is 0. The van der Waals surface area contributed by atoms with Gasteiger partial charge in [0.1, 0.15) is 0 Å². The lowest BCUT2D eigenvalue weighted by atomic mass is 10.1. The van der Waals surface area contributed by atoms with Crippen molar-refractivity contribution in [3.63, 3.8) is 0 Å². The monoisotopic (exact) mass is 287 g/mol. The lowest BCUT2D eigenvalue weighted by Gasteiger charge is -2.21. The first kappa shape index (κ1) is 22.2. The molecule has 0 aliphatic rings. The van der Waals surface area contributed by atoms with Gasteiger partial charge in [0.05, 0.1) is 6.10 Å². The quantitative estimate of drug-likeness (QED) is 0.571. The minimum absolute atomic E-state index is 0.125. The summed E-state index contributed by atoms with van der Waals surface area (Å²) in [4.78, 5) is 2.64. The molecule has 0 saturated heterocycles. The van der Waals surface area contributed by atoms with Crippen LogP contribution in [-0.2, 0) is 0 Å². The minimum atomic E-state index is -0.125. The van der Waals surface area contributed by atoms with E-state index >= 15 is 0 Å². The van der Waals surface area contributed by atoms with Crippen LogP contribution in [0.5, 0.6) is 0 Å². The average Bonchev–Trinajstić information content (AvgIpc) is 2.37. The average molecular weight is 288 g/mol. The molecule has 0 heterocycles. The Kier molecular flexibility index (Phi) is 18.8. The smallest absolute Gasteiger partial charge is 0.0514 e. The molecule has 0 aromatic heterocycles. The maximum absolute atomic E-state index is 8.72. The summed E-state index contributed by atoms with van der Waals surface area (Å²) in [6.07, 6.45) is 8.88. The molecule has 1 atom stereocenters. The van der Waals surface area contributed by atoms with Gasteiger partial charge in [-0.15, -0.1) is 0 Å². The molecule has 0 aromatic rings. The Bertz CT molecular complexity index is 144. The van der Waals surface area contributed by atoms with E-state index in [4.69, 9.17) is 5.11 Å². The summed E-state index contributed by atoms with van der Waals surface area (Å²) in [6.45, 7) is 16.8. The summed E-state index contributed by atoms with van der Waals surface area (Å²) in [6, 6.07) is 0. The zero-order valence-corrected chi connectivity index (χ0v) is 15.1. The SMILES string of the molecule is CC(C)CC(C)O.CCCCN(CCCC)CCCC. The Morgan fingerprint density at radius 3 is 1.25 bits per heavy atom. The first-order chi connectivity index (χ1) is 9.47. The van der Waals surface area contributed by atoms with E-state index in [-0.39, 0.29) is 6.10 Å². The van der Waals surface area contributed by atoms with Crippen molar-refractivity contribution in [2.75, 3.05) is 19.6 Å². The van der Waals surface area contributed by atoms with Crippen LogP contribution in [0.1, 0.15) is 86.5 Å². The number of nitrogens with zero attached hydrogens (tertiary/aromatic N) is 1. The number of hydrogen-bond acceptors (Lipinski definition) is 2. The Labute approximate surface area is 129 Å². The van der Waals surface area contributed by atoms with Crippen LogP contribution < -0.4 is 0 Å². The zero-order chi connectivity index (χ0) is 15.8. The fourth-order valence-electron chi connectivity index (χ4n) is 2.16. The molecule has 0 amide bonds. The van der Waals surface area contributed by atoms with Crippen molar-refractivity contribution in [2.45, 2.75) is 92.6 Å². The minimum Gasteiger partial charge on any atom is -0.393 e. The number of aliphatic hydroxyl groups excluding tert-OH is 1. The van der Waals surface area contributed by atoms with Crippen LogP contribution in [0.15, 0.2) is 0 Å². The van der Waals surface area contributed by atoms with E-state index in [1.54, 1.807) is 0 Å². The van der Waals surface area contributed by atoms with E-state index in [1.807, 2.05) is 6.92 Å². The first-order valence-electron chi connectivity index (χ1n) is 8.88. The van der Waals surface area contributed by atoms with Gasteiger partial charge < -0.3 is 10.0 Å². The predicted molar refractivity (Wildman–Crippen MR) is 92.3 cm³/mol. The van der Waals surface area contributed by atoms with Crippen molar-refractivity contribution in [1.29, 1.82) is 0 Å². The highest BCUT2D eigenvalue weighted by molar-refractivity contribution is 4.57. The van der Waals surface area contributed by atoms with Crippen LogP contribution in [0.4, 0.5) is 0 Å². The predicted octanol–water partition coefficient (Wildman–Crippen LogP) is 5.10. The summed E-state index contributed by atoms with van der Waals surface area (Å²) >= 11 is 0. The Morgan fingerprint density at radius 1 is 0.750 bits per heavy atom. The highest BCUT2D eigenvalue weighted by Gasteiger charge is 2.01. The molecular formula is C18H41NO. The molecule has 0 rings (SSSR count). The summed E-state index contributed by atoms with van der Waals surface area (Å²) < 4.78 is 0. The van der Waals surface area contributed by atoms with Gasteiger partial charge in [0.15, 0.2) is 0 Å². The number of rotatable bonds is 11. The molecule has 0 saturated carbocycles. The summed E-state index contributed by atoms with van der Waals surface area (Å²) in [5.41, 5.74) is 0. The second kappa shape index (κ2) is 17.0. The molecule has 2 heteroatoms.